The summed E-state index contributed by atoms with van der Waals surface area (Å²) in [6, 6.07) is 34.5. The molecule has 0 amide bonds. The monoisotopic (exact) mass is 797 g/mol. The number of hydrogen-bond acceptors (Lipinski definition) is 3. The number of benzene rings is 4. The second kappa shape index (κ2) is 12.6. The van der Waals surface area contributed by atoms with Crippen molar-refractivity contribution in [3.63, 3.8) is 0 Å². The maximum absolute atomic E-state index is 6.58. The van der Waals surface area contributed by atoms with Crippen molar-refractivity contribution in [2.24, 2.45) is 0 Å². The quantitative estimate of drug-likeness (QED) is 0.158. The third kappa shape index (κ3) is 6.17. The van der Waals surface area contributed by atoms with E-state index in [1.54, 1.807) is 0 Å². The summed E-state index contributed by atoms with van der Waals surface area (Å²) in [5.74, 6) is 2.49. The first-order valence-corrected chi connectivity index (χ1v) is 15.9. The van der Waals surface area contributed by atoms with Gasteiger partial charge in [-0.25, -0.2) is 4.98 Å². The molecule has 0 unspecified atom stereocenters. The molecule has 0 atom stereocenters. The summed E-state index contributed by atoms with van der Waals surface area (Å²) in [6.07, 6.45) is 5.89. The Bertz CT molecular complexity index is 2210. The summed E-state index contributed by atoms with van der Waals surface area (Å²) in [7, 11) is 0. The number of aromatic nitrogens is 4. The predicted molar refractivity (Wildman–Crippen MR) is 188 cm³/mol. The Morgan fingerprint density at radius 1 is 0.809 bits per heavy atom. The standard InChI is InChI=1S/C41H38N4O.Pt/c1-26(2)29-17-18-42-39(19-29)45-37-14-9-8-13-35(37)36-16-15-33(23-38(36)45)46-34-21-31(41(5,6)7)20-32(22-34)44-25-30(24-43-44)40-27(3)11-10-12-28(40)4;/h8-21,24-26H,1-7H3;/q-2;+2. The van der Waals surface area contributed by atoms with E-state index in [-0.39, 0.29) is 26.5 Å². The summed E-state index contributed by atoms with van der Waals surface area (Å²) in [5.41, 5.74) is 9.83. The third-order valence-electron chi connectivity index (χ3n) is 8.74. The van der Waals surface area contributed by atoms with Crippen LogP contribution in [0, 0.1) is 26.0 Å². The van der Waals surface area contributed by atoms with Gasteiger partial charge in [-0.15, -0.1) is 41.3 Å². The molecule has 238 valence electrons. The van der Waals surface area contributed by atoms with E-state index in [9.17, 15) is 0 Å². The molecule has 0 fully saturated rings. The second-order valence-electron chi connectivity index (χ2n) is 13.5. The summed E-state index contributed by atoms with van der Waals surface area (Å²) >= 11 is 0. The maximum atomic E-state index is 6.58. The van der Waals surface area contributed by atoms with Gasteiger partial charge in [0.2, 0.25) is 0 Å². The van der Waals surface area contributed by atoms with Gasteiger partial charge in [0.1, 0.15) is 5.82 Å². The molecule has 47 heavy (non-hydrogen) atoms. The smallest absolute Gasteiger partial charge is 0.509 e. The largest absolute Gasteiger partial charge is 2.00 e. The minimum Gasteiger partial charge on any atom is -0.509 e. The normalized spacial score (nSPS) is 11.7. The Morgan fingerprint density at radius 2 is 1.57 bits per heavy atom. The van der Waals surface area contributed by atoms with E-state index in [1.165, 1.54) is 22.3 Å². The van der Waals surface area contributed by atoms with Gasteiger partial charge in [0.25, 0.3) is 0 Å². The Hall–Kier alpha value is -4.47. The molecule has 6 heteroatoms. The first-order valence-electron chi connectivity index (χ1n) is 15.9. The van der Waals surface area contributed by atoms with Crippen molar-refractivity contribution < 1.29 is 25.8 Å². The number of ether oxygens (including phenoxy) is 1. The van der Waals surface area contributed by atoms with Crippen LogP contribution in [-0.2, 0) is 26.5 Å². The molecule has 0 saturated carbocycles. The number of nitrogens with zero attached hydrogens (tertiary/aromatic N) is 4. The molecule has 0 aliphatic carbocycles. The molecule has 4 aromatic carbocycles. The van der Waals surface area contributed by atoms with Gasteiger partial charge in [0, 0.05) is 35.0 Å². The van der Waals surface area contributed by atoms with Crippen LogP contribution in [0.25, 0.3) is 44.4 Å². The number of pyridine rings is 1. The van der Waals surface area contributed by atoms with Crippen molar-refractivity contribution >= 4 is 21.8 Å². The van der Waals surface area contributed by atoms with Gasteiger partial charge in [-0.05, 0) is 76.7 Å². The molecule has 5 nitrogen and oxygen atoms in total. The fourth-order valence-electron chi connectivity index (χ4n) is 6.20. The zero-order valence-electron chi connectivity index (χ0n) is 27.8. The van der Waals surface area contributed by atoms with E-state index in [2.05, 4.69) is 144 Å². The Morgan fingerprint density at radius 3 is 2.32 bits per heavy atom. The van der Waals surface area contributed by atoms with Gasteiger partial charge in [0.05, 0.1) is 6.20 Å². The number of rotatable bonds is 6. The predicted octanol–water partition coefficient (Wildman–Crippen LogP) is 10.5. The number of aryl methyl sites for hydroxylation is 2. The molecule has 0 aliphatic heterocycles. The van der Waals surface area contributed by atoms with Crippen LogP contribution in [-0.4, -0.2) is 19.3 Å². The van der Waals surface area contributed by atoms with Crippen molar-refractivity contribution in [2.45, 2.75) is 59.8 Å². The molecule has 0 radical (unpaired) electrons. The van der Waals surface area contributed by atoms with Gasteiger partial charge in [-0.2, -0.15) is 11.2 Å². The molecular weight excluding hydrogens is 760 g/mol. The van der Waals surface area contributed by atoms with E-state index in [0.717, 1.165) is 44.4 Å². The summed E-state index contributed by atoms with van der Waals surface area (Å²) < 4.78 is 10.7. The van der Waals surface area contributed by atoms with Crippen LogP contribution in [0.4, 0.5) is 0 Å². The van der Waals surface area contributed by atoms with Crippen molar-refractivity contribution in [2.75, 3.05) is 0 Å². The van der Waals surface area contributed by atoms with Crippen molar-refractivity contribution in [1.82, 2.24) is 19.3 Å². The molecule has 3 aromatic heterocycles. The minimum absolute atomic E-state index is 0. The fourth-order valence-corrected chi connectivity index (χ4v) is 6.20. The average Bonchev–Trinajstić information content (AvgIpc) is 3.63. The molecule has 0 spiro atoms. The van der Waals surface area contributed by atoms with Crippen molar-refractivity contribution in [3.8, 4) is 34.1 Å². The fraction of sp³-hybridized carbons (Fsp3) is 0.220. The topological polar surface area (TPSA) is 44.9 Å². The summed E-state index contributed by atoms with van der Waals surface area (Å²) in [5, 5.41) is 7.01. The first-order chi connectivity index (χ1) is 22.1. The SMILES string of the molecule is Cc1cccc(C)c1-c1cnn(-c2[c-]c(Oc3[c-]c4c(cc3)c3ccccc3n4-c3cc(C(C)C)ccn3)cc(C(C)(C)C)c2)c1.[Pt+2]. The zero-order valence-corrected chi connectivity index (χ0v) is 30.1. The summed E-state index contributed by atoms with van der Waals surface area (Å²) in [4.78, 5) is 4.78. The van der Waals surface area contributed by atoms with Gasteiger partial charge >= 0.3 is 21.1 Å². The molecule has 7 aromatic rings. The molecular formula is C41H38N4OPt. The van der Waals surface area contributed by atoms with E-state index < -0.39 is 0 Å². The number of hydrogen-bond donors (Lipinski definition) is 0. The molecule has 0 bridgehead atoms. The Kier molecular flexibility index (Phi) is 8.72. The minimum atomic E-state index is -0.113. The van der Waals surface area contributed by atoms with Gasteiger partial charge in [-0.1, -0.05) is 76.5 Å². The number of para-hydroxylation sites is 1. The van der Waals surface area contributed by atoms with Crippen LogP contribution in [0.5, 0.6) is 11.5 Å². The van der Waals surface area contributed by atoms with Crippen molar-refractivity contribution in [3.05, 3.63) is 132 Å². The van der Waals surface area contributed by atoms with Crippen LogP contribution >= 0.6 is 0 Å². The van der Waals surface area contributed by atoms with E-state index >= 15 is 0 Å². The van der Waals surface area contributed by atoms with Gasteiger partial charge in [0.15, 0.2) is 0 Å². The molecule has 0 saturated heterocycles. The Balaban J connectivity index is 0.00000386. The van der Waals surface area contributed by atoms with Crippen LogP contribution < -0.4 is 4.74 Å². The maximum Gasteiger partial charge on any atom is 2.00 e. The van der Waals surface area contributed by atoms with Gasteiger partial charge in [-0.3, -0.25) is 4.68 Å². The molecule has 7 rings (SSSR count). The zero-order chi connectivity index (χ0) is 32.2. The number of fused-ring (bicyclic) bond motifs is 3. The van der Waals surface area contributed by atoms with Crippen LogP contribution in [0.2, 0.25) is 0 Å². The van der Waals surface area contributed by atoms with Crippen molar-refractivity contribution in [1.29, 1.82) is 0 Å². The average molecular weight is 798 g/mol. The Labute approximate surface area is 291 Å². The van der Waals surface area contributed by atoms with E-state index in [1.807, 2.05) is 23.1 Å². The van der Waals surface area contributed by atoms with Crippen LogP contribution in [0.15, 0.2) is 97.5 Å². The van der Waals surface area contributed by atoms with Crippen LogP contribution in [0.3, 0.4) is 0 Å². The first kappa shape index (κ1) is 32.5. The molecule has 0 aliphatic rings. The second-order valence-corrected chi connectivity index (χ2v) is 13.5. The van der Waals surface area contributed by atoms with E-state index in [4.69, 9.17) is 14.8 Å². The molecule has 0 N–H and O–H groups in total. The van der Waals surface area contributed by atoms with Gasteiger partial charge < -0.3 is 9.30 Å². The molecule has 3 heterocycles. The third-order valence-corrected chi connectivity index (χ3v) is 8.74. The summed E-state index contributed by atoms with van der Waals surface area (Å²) in [6.45, 7) is 15.3. The van der Waals surface area contributed by atoms with E-state index in [0.29, 0.717) is 17.4 Å². The van der Waals surface area contributed by atoms with Crippen LogP contribution in [0.1, 0.15) is 62.8 Å².